The number of para-hydroxylation sites is 2. The number of nitrogens with one attached hydrogen (secondary N) is 2. The van der Waals surface area contributed by atoms with Gasteiger partial charge >= 0.3 is 0 Å². The molecule has 142 valence electrons. The quantitative estimate of drug-likeness (QED) is 0.515. The summed E-state index contributed by atoms with van der Waals surface area (Å²) in [6.45, 7) is 1.99. The molecule has 0 radical (unpaired) electrons. The summed E-state index contributed by atoms with van der Waals surface area (Å²) in [5, 5.41) is 0. The molecule has 2 amide bonds. The van der Waals surface area contributed by atoms with Gasteiger partial charge in [0.15, 0.2) is 18.1 Å². The van der Waals surface area contributed by atoms with E-state index in [1.54, 1.807) is 30.3 Å². The minimum Gasteiger partial charge on any atom is -0.490 e. The van der Waals surface area contributed by atoms with Crippen molar-refractivity contribution in [2.24, 2.45) is 0 Å². The second-order valence-electron chi connectivity index (χ2n) is 5.21. The van der Waals surface area contributed by atoms with Crippen molar-refractivity contribution in [2.75, 3.05) is 13.2 Å². The molecule has 0 saturated carbocycles. The first-order chi connectivity index (χ1) is 13.0. The molecule has 0 saturated heterocycles. The van der Waals surface area contributed by atoms with Crippen LogP contribution in [0.1, 0.15) is 12.5 Å². The summed E-state index contributed by atoms with van der Waals surface area (Å²) in [5.41, 5.74) is 4.64. The minimum absolute atomic E-state index is 0.238. The van der Waals surface area contributed by atoms with Crippen LogP contribution in [0.2, 0.25) is 0 Å². The summed E-state index contributed by atoms with van der Waals surface area (Å²) < 4.78 is 25.0. The van der Waals surface area contributed by atoms with Crippen molar-refractivity contribution in [3.63, 3.8) is 0 Å². The molecule has 2 aromatic carbocycles. The van der Waals surface area contributed by atoms with Gasteiger partial charge in [-0.25, -0.2) is 4.39 Å². The fraction of sp³-hybridized carbons (Fsp3) is 0.158. The molecule has 2 N–H and O–H groups in total. The van der Waals surface area contributed by atoms with Gasteiger partial charge in [0, 0.05) is 16.1 Å². The molecule has 0 atom stereocenters. The molecule has 8 heteroatoms. The topological polar surface area (TPSA) is 76.7 Å². The summed E-state index contributed by atoms with van der Waals surface area (Å²) in [7, 11) is 0. The Morgan fingerprint density at radius 3 is 2.52 bits per heavy atom. The summed E-state index contributed by atoms with van der Waals surface area (Å²) in [4.78, 5) is 23.5. The predicted molar refractivity (Wildman–Crippen MR) is 103 cm³/mol. The lowest BCUT2D eigenvalue weighted by Gasteiger charge is -2.11. The van der Waals surface area contributed by atoms with Crippen LogP contribution in [0.3, 0.4) is 0 Å². The highest BCUT2D eigenvalue weighted by atomic mass is 79.9. The van der Waals surface area contributed by atoms with E-state index in [9.17, 15) is 14.0 Å². The monoisotopic (exact) mass is 436 g/mol. The van der Waals surface area contributed by atoms with E-state index in [-0.39, 0.29) is 12.2 Å². The molecule has 2 rings (SSSR count). The van der Waals surface area contributed by atoms with Gasteiger partial charge in [0.25, 0.3) is 11.8 Å². The van der Waals surface area contributed by atoms with Crippen LogP contribution in [-0.4, -0.2) is 25.0 Å². The van der Waals surface area contributed by atoms with E-state index in [1.165, 1.54) is 18.2 Å². The highest BCUT2D eigenvalue weighted by Gasteiger charge is 2.08. The van der Waals surface area contributed by atoms with Gasteiger partial charge < -0.3 is 9.47 Å². The molecule has 0 aliphatic heterocycles. The predicted octanol–water partition coefficient (Wildman–Crippen LogP) is 3.23. The van der Waals surface area contributed by atoms with Crippen molar-refractivity contribution in [1.82, 2.24) is 10.9 Å². The number of rotatable bonds is 7. The van der Waals surface area contributed by atoms with Crippen molar-refractivity contribution < 1.29 is 23.5 Å². The van der Waals surface area contributed by atoms with E-state index < -0.39 is 17.6 Å². The van der Waals surface area contributed by atoms with Crippen molar-refractivity contribution >= 4 is 33.8 Å². The molecule has 0 aliphatic carbocycles. The number of hydrogen-bond donors (Lipinski definition) is 2. The lowest BCUT2D eigenvalue weighted by atomic mass is 10.2. The largest absolute Gasteiger partial charge is 0.490 e. The molecule has 0 aromatic heterocycles. The van der Waals surface area contributed by atoms with Crippen LogP contribution in [0.4, 0.5) is 4.39 Å². The number of halogens is 2. The minimum atomic E-state index is -0.613. The number of hydrazine groups is 1. The molecule has 0 bridgehead atoms. The van der Waals surface area contributed by atoms with Gasteiger partial charge in [-0.2, -0.15) is 0 Å². The van der Waals surface area contributed by atoms with Crippen LogP contribution in [0.15, 0.2) is 53.0 Å². The first kappa shape index (κ1) is 20.4. The molecular formula is C19H18BrFN2O4. The third-order valence-electron chi connectivity index (χ3n) is 3.21. The molecule has 27 heavy (non-hydrogen) atoms. The maximum absolute atomic E-state index is 13.6. The lowest BCUT2D eigenvalue weighted by Crippen LogP contribution is -2.43. The van der Waals surface area contributed by atoms with Crippen LogP contribution in [0.25, 0.3) is 6.08 Å². The molecule has 0 aliphatic rings. The molecular weight excluding hydrogens is 419 g/mol. The van der Waals surface area contributed by atoms with E-state index in [1.807, 2.05) is 6.92 Å². The SMILES string of the molecule is CCOc1ccccc1OCC(=O)NNC(=O)/C=C/c1cc(Br)ccc1F. The fourth-order valence-electron chi connectivity index (χ4n) is 2.00. The molecule has 0 spiro atoms. The number of benzene rings is 2. The maximum Gasteiger partial charge on any atom is 0.276 e. The van der Waals surface area contributed by atoms with Crippen LogP contribution in [0, 0.1) is 5.82 Å². The van der Waals surface area contributed by atoms with E-state index in [0.29, 0.717) is 22.6 Å². The van der Waals surface area contributed by atoms with Gasteiger partial charge in [-0.3, -0.25) is 20.4 Å². The van der Waals surface area contributed by atoms with E-state index >= 15 is 0 Å². The highest BCUT2D eigenvalue weighted by Crippen LogP contribution is 2.26. The van der Waals surface area contributed by atoms with Gasteiger partial charge in [-0.15, -0.1) is 0 Å². The third kappa shape index (κ3) is 6.74. The normalized spacial score (nSPS) is 10.5. The number of carbonyl (C=O) groups excluding carboxylic acids is 2. The standard InChI is InChI=1S/C19H18BrFN2O4/c1-2-26-16-5-3-4-6-17(16)27-12-19(25)23-22-18(24)10-7-13-11-14(20)8-9-15(13)21/h3-11H,2,12H2,1H3,(H,22,24)(H,23,25)/b10-7+. The number of amides is 2. The van der Waals surface area contributed by atoms with E-state index in [0.717, 1.165) is 6.08 Å². The molecule has 0 unspecified atom stereocenters. The van der Waals surface area contributed by atoms with Gasteiger partial charge in [0.05, 0.1) is 6.61 Å². The molecule has 0 heterocycles. The highest BCUT2D eigenvalue weighted by molar-refractivity contribution is 9.10. The average molecular weight is 437 g/mol. The van der Waals surface area contributed by atoms with E-state index in [2.05, 4.69) is 26.8 Å². The van der Waals surface area contributed by atoms with Gasteiger partial charge in [-0.05, 0) is 43.3 Å². The van der Waals surface area contributed by atoms with Gasteiger partial charge in [-0.1, -0.05) is 28.1 Å². The zero-order chi connectivity index (χ0) is 19.6. The second-order valence-corrected chi connectivity index (χ2v) is 6.12. The van der Waals surface area contributed by atoms with Gasteiger partial charge in [0.1, 0.15) is 5.82 Å². The zero-order valence-corrected chi connectivity index (χ0v) is 16.1. The average Bonchev–Trinajstić information content (AvgIpc) is 2.66. The van der Waals surface area contributed by atoms with Crippen molar-refractivity contribution in [3.8, 4) is 11.5 Å². The first-order valence-corrected chi connectivity index (χ1v) is 8.85. The lowest BCUT2D eigenvalue weighted by molar-refractivity contribution is -0.128. The van der Waals surface area contributed by atoms with Gasteiger partial charge in [0.2, 0.25) is 0 Å². The smallest absolute Gasteiger partial charge is 0.276 e. The fourth-order valence-corrected chi connectivity index (χ4v) is 2.38. The molecule has 6 nitrogen and oxygen atoms in total. The molecule has 2 aromatic rings. The summed E-state index contributed by atoms with van der Waals surface area (Å²) in [6, 6.07) is 11.3. The number of carbonyl (C=O) groups is 2. The Labute approximate surface area is 164 Å². The van der Waals surface area contributed by atoms with Crippen LogP contribution >= 0.6 is 15.9 Å². The Morgan fingerprint density at radius 2 is 1.81 bits per heavy atom. The van der Waals surface area contributed by atoms with Crippen molar-refractivity contribution in [2.45, 2.75) is 6.92 Å². The Kier molecular flexibility index (Phi) is 7.81. The Balaban J connectivity index is 1.81. The van der Waals surface area contributed by atoms with E-state index in [4.69, 9.17) is 9.47 Å². The summed E-state index contributed by atoms with van der Waals surface area (Å²) in [5.74, 6) is -0.691. The van der Waals surface area contributed by atoms with Crippen LogP contribution < -0.4 is 20.3 Å². The zero-order valence-electron chi connectivity index (χ0n) is 14.5. The summed E-state index contributed by atoms with van der Waals surface area (Å²) in [6.07, 6.45) is 2.41. The Morgan fingerprint density at radius 1 is 1.11 bits per heavy atom. The Hall–Kier alpha value is -2.87. The van der Waals surface area contributed by atoms with Crippen molar-refractivity contribution in [3.05, 3.63) is 64.4 Å². The molecule has 0 fully saturated rings. The van der Waals surface area contributed by atoms with Crippen LogP contribution in [0.5, 0.6) is 11.5 Å². The number of ether oxygens (including phenoxy) is 2. The maximum atomic E-state index is 13.6. The third-order valence-corrected chi connectivity index (χ3v) is 3.70. The Bertz CT molecular complexity index is 842. The second kappa shape index (κ2) is 10.3. The first-order valence-electron chi connectivity index (χ1n) is 8.06. The van der Waals surface area contributed by atoms with Crippen molar-refractivity contribution in [1.29, 1.82) is 0 Å². The number of hydrogen-bond acceptors (Lipinski definition) is 4. The summed E-state index contributed by atoms with van der Waals surface area (Å²) >= 11 is 3.22. The van der Waals surface area contributed by atoms with Crippen LogP contribution in [-0.2, 0) is 9.59 Å².